The molecule has 4 unspecified atom stereocenters. The van der Waals surface area contributed by atoms with Gasteiger partial charge in [0.05, 0.1) is 0 Å². The van der Waals surface area contributed by atoms with Gasteiger partial charge in [0.1, 0.15) is 0 Å². The van der Waals surface area contributed by atoms with E-state index in [9.17, 15) is 28.7 Å². The summed E-state index contributed by atoms with van der Waals surface area (Å²) in [6.07, 6.45) is 9.85. The third kappa shape index (κ3) is 14.5. The molecule has 11 nitrogen and oxygen atoms in total. The maximum atomic E-state index is 13.8. The van der Waals surface area contributed by atoms with Crippen LogP contribution in [0, 0.1) is 0 Å². The Morgan fingerprint density at radius 3 is 1.62 bits per heavy atom. The molecule has 0 aromatic carbocycles. The minimum atomic E-state index is -4.53. The molecule has 17 heteroatoms. The van der Waals surface area contributed by atoms with Gasteiger partial charge in [0, 0.05) is 38.6 Å². The number of pyridine rings is 1. The molecule has 1 aromatic rings. The van der Waals surface area contributed by atoms with Crippen molar-refractivity contribution in [2.24, 2.45) is 0 Å². The molecule has 0 aliphatic carbocycles. The predicted molar refractivity (Wildman–Crippen MR) is 153 cm³/mol. The number of aromatic nitrogens is 1. The molecule has 0 aliphatic rings. The zero-order valence-corrected chi connectivity index (χ0v) is 27.4. The summed E-state index contributed by atoms with van der Waals surface area (Å²) < 4.78 is 48.5. The molecule has 1 heterocycles. The Balaban J connectivity index is 3.12. The third-order valence-corrected chi connectivity index (χ3v) is 16.1. The first-order valence-electron chi connectivity index (χ1n) is 11.9. The van der Waals surface area contributed by atoms with Gasteiger partial charge in [-0.1, -0.05) is 45.1 Å². The van der Waals surface area contributed by atoms with Crippen LogP contribution in [0.1, 0.15) is 63.1 Å². The van der Waals surface area contributed by atoms with Gasteiger partial charge < -0.3 is 19.6 Å². The highest BCUT2D eigenvalue weighted by atomic mass is 31.3. The molecule has 216 valence electrons. The summed E-state index contributed by atoms with van der Waals surface area (Å²) in [7, 11) is -18.2. The van der Waals surface area contributed by atoms with Crippen LogP contribution in [-0.4, -0.2) is 56.6 Å². The number of nitrogens with zero attached hydrogens (tertiary/aromatic N) is 1. The van der Waals surface area contributed by atoms with E-state index in [2.05, 4.69) is 11.9 Å². The van der Waals surface area contributed by atoms with E-state index in [1.54, 1.807) is 6.20 Å². The smallest absolute Gasteiger partial charge is 0.350 e. The summed E-state index contributed by atoms with van der Waals surface area (Å²) in [4.78, 5) is 43.9. The van der Waals surface area contributed by atoms with Crippen molar-refractivity contribution in [3.63, 3.8) is 0 Å². The summed E-state index contributed by atoms with van der Waals surface area (Å²) in [5, 5.41) is -1.65. The molecule has 0 saturated heterocycles. The number of rotatable bonds is 20. The third-order valence-electron chi connectivity index (χ3n) is 5.02. The van der Waals surface area contributed by atoms with Crippen LogP contribution in [0.5, 0.6) is 0 Å². The summed E-state index contributed by atoms with van der Waals surface area (Å²) in [5.74, 6) is 0. The van der Waals surface area contributed by atoms with Crippen molar-refractivity contribution in [3.8, 4) is 0 Å². The van der Waals surface area contributed by atoms with Crippen molar-refractivity contribution in [3.05, 3.63) is 29.6 Å². The summed E-state index contributed by atoms with van der Waals surface area (Å²) in [5.41, 5.74) is 1.69. The molecule has 0 aliphatic heterocycles. The Bertz CT molecular complexity index is 793. The summed E-state index contributed by atoms with van der Waals surface area (Å²) in [6.45, 7) is 7.16. The molecule has 0 bridgehead atoms. The van der Waals surface area contributed by atoms with Gasteiger partial charge in [-0.2, -0.15) is 0 Å². The lowest BCUT2D eigenvalue weighted by molar-refractivity contribution is 0.347. The van der Waals surface area contributed by atoms with Gasteiger partial charge in [0.25, 0.3) is 0 Å². The Labute approximate surface area is 225 Å². The Kier molecular flexibility index (Phi) is 18.0. The molecule has 0 fully saturated rings. The van der Waals surface area contributed by atoms with E-state index >= 15 is 0 Å². The lowest BCUT2D eigenvalue weighted by Gasteiger charge is -2.33. The Morgan fingerprint density at radius 2 is 1.22 bits per heavy atom. The molecule has 37 heavy (non-hydrogen) atoms. The average molecular weight is 641 g/mol. The highest BCUT2D eigenvalue weighted by Crippen LogP contribution is 2.80. The van der Waals surface area contributed by atoms with Crippen molar-refractivity contribution >= 4 is 48.7 Å². The first kappa shape index (κ1) is 36.0. The SMILES string of the molecule is CCCCCCCCc1ccc(CCC(P(=O)(OP(C)O)OP(C)O)P(=O)(OP(C)O)OP(C)O)nc1. The second kappa shape index (κ2) is 18.4. The van der Waals surface area contributed by atoms with Gasteiger partial charge >= 0.3 is 15.2 Å². The lowest BCUT2D eigenvalue weighted by atomic mass is 10.1. The van der Waals surface area contributed by atoms with E-state index in [1.165, 1.54) is 58.8 Å². The maximum Gasteiger partial charge on any atom is 0.356 e. The number of aryl methyl sites for hydroxylation is 2. The fraction of sp³-hybridized carbons (Fsp3) is 0.750. The van der Waals surface area contributed by atoms with Gasteiger partial charge in [0.2, 0.25) is 0 Å². The minimum absolute atomic E-state index is 0.148. The van der Waals surface area contributed by atoms with Gasteiger partial charge in [0.15, 0.2) is 38.9 Å². The highest BCUT2D eigenvalue weighted by Gasteiger charge is 2.54. The van der Waals surface area contributed by atoms with Crippen molar-refractivity contribution in [1.29, 1.82) is 0 Å². The van der Waals surface area contributed by atoms with E-state index in [4.69, 9.17) is 17.2 Å². The standard InChI is InChI=1S/C20H41NO10P6/c1-6-7-8-9-10-11-12-18-13-14-19(21-17-18)15-16-20(36(26,28-32(2)22)29-33(3)23)37(27,30-34(4)24)31-35(5)25/h13-14,17,20,22-25H,6-12,15-16H2,1-5H3. The van der Waals surface area contributed by atoms with Gasteiger partial charge in [-0.25, -0.2) is 0 Å². The Morgan fingerprint density at radius 1 is 0.757 bits per heavy atom. The molecule has 0 saturated carbocycles. The van der Waals surface area contributed by atoms with Crippen LogP contribution in [0.15, 0.2) is 18.3 Å². The summed E-state index contributed by atoms with van der Waals surface area (Å²) >= 11 is 0. The van der Waals surface area contributed by atoms with Crippen LogP contribution < -0.4 is 0 Å². The van der Waals surface area contributed by atoms with Gasteiger partial charge in [-0.15, -0.1) is 0 Å². The normalized spacial score (nSPS) is 19.4. The van der Waals surface area contributed by atoms with Crippen LogP contribution in [0.2, 0.25) is 0 Å². The zero-order chi connectivity index (χ0) is 28.1. The molecule has 4 N–H and O–H groups in total. The first-order valence-corrected chi connectivity index (χ1v) is 21.8. The van der Waals surface area contributed by atoms with Crippen LogP contribution >= 0.6 is 48.7 Å². The molecular formula is C20H41NO10P6. The van der Waals surface area contributed by atoms with Crippen LogP contribution in [0.25, 0.3) is 0 Å². The van der Waals surface area contributed by atoms with Crippen LogP contribution in [0.3, 0.4) is 0 Å². The second-order valence-electron chi connectivity index (χ2n) is 8.46. The highest BCUT2D eigenvalue weighted by molar-refractivity contribution is 7.82. The average Bonchev–Trinajstić information content (AvgIpc) is 2.74. The number of hydrogen-bond donors (Lipinski definition) is 4. The van der Waals surface area contributed by atoms with Gasteiger partial charge in [-0.3, -0.25) is 31.4 Å². The Hall–Kier alpha value is 1.01. The zero-order valence-electron chi connectivity index (χ0n) is 22.0. The topological polar surface area (TPSA) is 165 Å². The van der Waals surface area contributed by atoms with Crippen molar-refractivity contribution < 1.29 is 45.9 Å². The van der Waals surface area contributed by atoms with Gasteiger partial charge in [-0.05, 0) is 37.3 Å². The van der Waals surface area contributed by atoms with E-state index in [1.807, 2.05) is 12.1 Å². The quantitative estimate of drug-likeness (QED) is 0.0826. The first-order chi connectivity index (χ1) is 17.3. The molecule has 1 aromatic heterocycles. The molecule has 0 spiro atoms. The van der Waals surface area contributed by atoms with Crippen LogP contribution in [-0.2, 0) is 39.2 Å². The fourth-order valence-electron chi connectivity index (χ4n) is 3.53. The molecule has 0 radical (unpaired) electrons. The van der Waals surface area contributed by atoms with E-state index in [-0.39, 0.29) is 12.8 Å². The van der Waals surface area contributed by atoms with E-state index < -0.39 is 54.1 Å². The van der Waals surface area contributed by atoms with E-state index in [0.717, 1.165) is 18.4 Å². The van der Waals surface area contributed by atoms with Crippen molar-refractivity contribution in [1.82, 2.24) is 4.98 Å². The summed E-state index contributed by atoms with van der Waals surface area (Å²) in [6, 6.07) is 3.77. The fourth-order valence-corrected chi connectivity index (χ4v) is 15.1. The minimum Gasteiger partial charge on any atom is -0.350 e. The van der Waals surface area contributed by atoms with Crippen LogP contribution in [0.4, 0.5) is 0 Å². The van der Waals surface area contributed by atoms with Crippen molar-refractivity contribution in [2.75, 3.05) is 26.7 Å². The molecule has 4 atom stereocenters. The monoisotopic (exact) mass is 641 g/mol. The van der Waals surface area contributed by atoms with E-state index in [0.29, 0.717) is 5.69 Å². The maximum absolute atomic E-state index is 13.8. The lowest BCUT2D eigenvalue weighted by Crippen LogP contribution is -2.16. The number of hydrogen-bond acceptors (Lipinski definition) is 11. The second-order valence-corrected chi connectivity index (χ2v) is 18.6. The van der Waals surface area contributed by atoms with Crippen molar-refractivity contribution in [2.45, 2.75) is 70.1 Å². The largest absolute Gasteiger partial charge is 0.356 e. The molecule has 0 amide bonds. The number of unbranched alkanes of at least 4 members (excludes halogenated alkanes) is 5. The predicted octanol–water partition coefficient (Wildman–Crippen LogP) is 7.43. The molecule has 1 rings (SSSR count). The molecular weight excluding hydrogens is 600 g/mol.